The lowest BCUT2D eigenvalue weighted by molar-refractivity contribution is 0.305. The van der Waals surface area contributed by atoms with Crippen LogP contribution in [0.15, 0.2) is 84.9 Å². The average molecular weight is 352 g/mol. The Morgan fingerprint density at radius 3 is 2.30 bits per heavy atom. The van der Waals surface area contributed by atoms with Gasteiger partial charge in [0.05, 0.1) is 11.1 Å². The van der Waals surface area contributed by atoms with Gasteiger partial charge in [-0.2, -0.15) is 5.26 Å². The maximum atomic E-state index is 9.37. The number of fused-ring (bicyclic) bond motifs is 1. The number of aromatic nitrogens is 1. The molecule has 4 heteroatoms. The average Bonchev–Trinajstić information content (AvgIpc) is 2.73. The highest BCUT2D eigenvalue weighted by atomic mass is 16.5. The maximum Gasteiger partial charge on any atom is 0.221 e. The van der Waals surface area contributed by atoms with E-state index in [1.165, 1.54) is 0 Å². The molecule has 1 heterocycles. The predicted octanol–water partition coefficient (Wildman–Crippen LogP) is 5.48. The molecule has 0 aliphatic rings. The second-order valence-corrected chi connectivity index (χ2v) is 5.98. The van der Waals surface area contributed by atoms with E-state index in [1.807, 2.05) is 78.9 Å². The predicted molar refractivity (Wildman–Crippen MR) is 104 cm³/mol. The normalized spacial score (nSPS) is 10.3. The van der Waals surface area contributed by atoms with Gasteiger partial charge in [0.15, 0.2) is 0 Å². The molecule has 0 amide bonds. The fraction of sp³-hybridized carbons (Fsp3) is 0.0435. The summed E-state index contributed by atoms with van der Waals surface area (Å²) >= 11 is 0. The van der Waals surface area contributed by atoms with E-state index in [1.54, 1.807) is 6.07 Å². The topological polar surface area (TPSA) is 55.1 Å². The first-order valence-corrected chi connectivity index (χ1v) is 8.56. The molecule has 0 fully saturated rings. The van der Waals surface area contributed by atoms with Crippen LogP contribution in [0.5, 0.6) is 17.4 Å². The molecule has 4 aromatic rings. The van der Waals surface area contributed by atoms with Gasteiger partial charge in [-0.15, -0.1) is 0 Å². The summed E-state index contributed by atoms with van der Waals surface area (Å²) < 4.78 is 11.6. The van der Waals surface area contributed by atoms with Gasteiger partial charge in [-0.05, 0) is 35.9 Å². The van der Waals surface area contributed by atoms with Crippen LogP contribution in [0.25, 0.3) is 10.9 Å². The monoisotopic (exact) mass is 352 g/mol. The van der Waals surface area contributed by atoms with Crippen LogP contribution in [0, 0.1) is 11.3 Å². The van der Waals surface area contributed by atoms with E-state index in [0.29, 0.717) is 23.8 Å². The van der Waals surface area contributed by atoms with Crippen molar-refractivity contribution in [2.45, 2.75) is 6.61 Å². The van der Waals surface area contributed by atoms with E-state index in [9.17, 15) is 5.26 Å². The molecule has 0 atom stereocenters. The lowest BCUT2D eigenvalue weighted by atomic mass is 10.1. The van der Waals surface area contributed by atoms with Gasteiger partial charge >= 0.3 is 0 Å². The molecule has 0 radical (unpaired) electrons. The first-order valence-electron chi connectivity index (χ1n) is 8.56. The number of nitrogens with zero attached hydrogens (tertiary/aromatic N) is 2. The number of pyridine rings is 1. The number of hydrogen-bond donors (Lipinski definition) is 0. The van der Waals surface area contributed by atoms with Gasteiger partial charge in [-0.3, -0.25) is 0 Å². The second kappa shape index (κ2) is 7.59. The van der Waals surface area contributed by atoms with Crippen molar-refractivity contribution in [2.75, 3.05) is 0 Å². The zero-order chi connectivity index (χ0) is 18.5. The molecule has 0 saturated heterocycles. The number of ether oxygens (including phenoxy) is 2. The molecule has 4 nitrogen and oxygen atoms in total. The SMILES string of the molecule is N#Cc1cc(Oc2ccc(OCc3ccccc3)cc2)nc2ccccc12. The Labute approximate surface area is 157 Å². The van der Waals surface area contributed by atoms with Crippen molar-refractivity contribution in [1.29, 1.82) is 5.26 Å². The van der Waals surface area contributed by atoms with E-state index >= 15 is 0 Å². The van der Waals surface area contributed by atoms with Crippen LogP contribution >= 0.6 is 0 Å². The molecule has 130 valence electrons. The third-order valence-corrected chi connectivity index (χ3v) is 4.11. The highest BCUT2D eigenvalue weighted by Crippen LogP contribution is 2.27. The number of para-hydroxylation sites is 1. The summed E-state index contributed by atoms with van der Waals surface area (Å²) in [7, 11) is 0. The molecular formula is C23H16N2O2. The van der Waals surface area contributed by atoms with Gasteiger partial charge in [0.2, 0.25) is 5.88 Å². The van der Waals surface area contributed by atoms with Crippen LogP contribution in [0.1, 0.15) is 11.1 Å². The first-order chi connectivity index (χ1) is 13.3. The fourth-order valence-corrected chi connectivity index (χ4v) is 2.76. The molecule has 27 heavy (non-hydrogen) atoms. The zero-order valence-corrected chi connectivity index (χ0v) is 14.5. The van der Waals surface area contributed by atoms with Crippen molar-refractivity contribution in [1.82, 2.24) is 4.98 Å². The Kier molecular flexibility index (Phi) is 4.67. The van der Waals surface area contributed by atoms with Gasteiger partial charge in [0.1, 0.15) is 24.2 Å². The summed E-state index contributed by atoms with van der Waals surface area (Å²) in [6.07, 6.45) is 0. The maximum absolute atomic E-state index is 9.37. The summed E-state index contributed by atoms with van der Waals surface area (Å²) in [4.78, 5) is 4.47. The number of hydrogen-bond acceptors (Lipinski definition) is 4. The Morgan fingerprint density at radius 2 is 1.52 bits per heavy atom. The number of benzene rings is 3. The van der Waals surface area contributed by atoms with Gasteiger partial charge in [0, 0.05) is 11.5 Å². The van der Waals surface area contributed by atoms with Gasteiger partial charge < -0.3 is 9.47 Å². The third-order valence-electron chi connectivity index (χ3n) is 4.11. The smallest absolute Gasteiger partial charge is 0.221 e. The van der Waals surface area contributed by atoms with E-state index in [4.69, 9.17) is 9.47 Å². The highest BCUT2D eigenvalue weighted by Gasteiger charge is 2.07. The summed E-state index contributed by atoms with van der Waals surface area (Å²) in [6, 6.07) is 28.7. The highest BCUT2D eigenvalue weighted by molar-refractivity contribution is 5.85. The summed E-state index contributed by atoms with van der Waals surface area (Å²) in [5.74, 6) is 1.78. The molecule has 3 aromatic carbocycles. The molecule has 0 bridgehead atoms. The lowest BCUT2D eigenvalue weighted by Gasteiger charge is -2.09. The van der Waals surface area contributed by atoms with Gasteiger partial charge in [-0.25, -0.2) is 4.98 Å². The van der Waals surface area contributed by atoms with Crippen LogP contribution in [0.3, 0.4) is 0 Å². The molecule has 0 aliphatic heterocycles. The molecule has 0 aliphatic carbocycles. The van der Waals surface area contributed by atoms with Crippen molar-refractivity contribution < 1.29 is 9.47 Å². The Balaban J connectivity index is 1.48. The number of nitriles is 1. The molecule has 4 rings (SSSR count). The fourth-order valence-electron chi connectivity index (χ4n) is 2.76. The van der Waals surface area contributed by atoms with E-state index in [2.05, 4.69) is 11.1 Å². The molecule has 0 spiro atoms. The van der Waals surface area contributed by atoms with E-state index < -0.39 is 0 Å². The van der Waals surface area contributed by atoms with E-state index in [-0.39, 0.29) is 0 Å². The molecule has 0 N–H and O–H groups in total. The minimum atomic E-state index is 0.392. The molecule has 0 unspecified atom stereocenters. The van der Waals surface area contributed by atoms with Crippen molar-refractivity contribution in [3.63, 3.8) is 0 Å². The first kappa shape index (κ1) is 16.6. The number of rotatable bonds is 5. The standard InChI is InChI=1S/C23H16N2O2/c24-15-18-14-23(25-22-9-5-4-8-21(18)22)27-20-12-10-19(11-13-20)26-16-17-6-2-1-3-7-17/h1-14H,16H2. The van der Waals surface area contributed by atoms with Crippen molar-refractivity contribution in [3.8, 4) is 23.4 Å². The van der Waals surface area contributed by atoms with Crippen molar-refractivity contribution in [2.24, 2.45) is 0 Å². The minimum Gasteiger partial charge on any atom is -0.489 e. The van der Waals surface area contributed by atoms with Crippen molar-refractivity contribution in [3.05, 3.63) is 96.1 Å². The Morgan fingerprint density at radius 1 is 0.815 bits per heavy atom. The second-order valence-electron chi connectivity index (χ2n) is 5.98. The minimum absolute atomic E-state index is 0.392. The van der Waals surface area contributed by atoms with Crippen LogP contribution in [-0.2, 0) is 6.61 Å². The largest absolute Gasteiger partial charge is 0.489 e. The Bertz CT molecular complexity index is 1100. The van der Waals surface area contributed by atoms with Gasteiger partial charge in [-0.1, -0.05) is 48.5 Å². The van der Waals surface area contributed by atoms with Crippen LogP contribution in [0.4, 0.5) is 0 Å². The quantitative estimate of drug-likeness (QED) is 0.477. The summed E-state index contributed by atoms with van der Waals surface area (Å²) in [5.41, 5.74) is 2.38. The van der Waals surface area contributed by atoms with Crippen LogP contribution in [0.2, 0.25) is 0 Å². The third kappa shape index (κ3) is 3.88. The van der Waals surface area contributed by atoms with Gasteiger partial charge in [0.25, 0.3) is 0 Å². The Hall–Kier alpha value is -3.84. The van der Waals surface area contributed by atoms with Crippen molar-refractivity contribution >= 4 is 10.9 Å². The summed E-state index contributed by atoms with van der Waals surface area (Å²) in [5, 5.41) is 10.2. The molecule has 1 aromatic heterocycles. The lowest BCUT2D eigenvalue weighted by Crippen LogP contribution is -1.95. The van der Waals surface area contributed by atoms with Crippen LogP contribution < -0.4 is 9.47 Å². The molecular weight excluding hydrogens is 336 g/mol. The van der Waals surface area contributed by atoms with Crippen LogP contribution in [-0.4, -0.2) is 4.98 Å². The summed E-state index contributed by atoms with van der Waals surface area (Å²) in [6.45, 7) is 0.513. The zero-order valence-electron chi connectivity index (χ0n) is 14.5. The molecule has 0 saturated carbocycles. The van der Waals surface area contributed by atoms with E-state index in [0.717, 1.165) is 22.2 Å².